The fourth-order valence-electron chi connectivity index (χ4n) is 6.08. The molecule has 39 heavy (non-hydrogen) atoms. The van der Waals surface area contributed by atoms with Crippen LogP contribution < -0.4 is 10.6 Å². The van der Waals surface area contributed by atoms with E-state index in [1.807, 2.05) is 39.0 Å². The summed E-state index contributed by atoms with van der Waals surface area (Å²) < 4.78 is 27.1. The van der Waals surface area contributed by atoms with E-state index in [1.54, 1.807) is 45.9 Å². The smallest absolute Gasteiger partial charge is 0.324 e. The van der Waals surface area contributed by atoms with Crippen molar-refractivity contribution in [3.05, 3.63) is 64.5 Å². The van der Waals surface area contributed by atoms with Crippen molar-refractivity contribution in [2.75, 3.05) is 11.9 Å². The Bertz CT molecular complexity index is 1310. The normalized spacial score (nSPS) is 24.4. The fraction of sp³-hybridized carbons (Fsp3) is 0.516. The van der Waals surface area contributed by atoms with Gasteiger partial charge >= 0.3 is 11.9 Å². The molecule has 0 radical (unpaired) electrons. The molecule has 210 valence electrons. The third-order valence-electron chi connectivity index (χ3n) is 7.64. The number of benzene rings is 2. The Morgan fingerprint density at radius 3 is 2.41 bits per heavy atom. The summed E-state index contributed by atoms with van der Waals surface area (Å²) in [6.45, 7) is 14.3. The topological polar surface area (TPSA) is 93.7 Å². The molecule has 2 aliphatic heterocycles. The van der Waals surface area contributed by atoms with Crippen molar-refractivity contribution < 1.29 is 28.2 Å². The first-order valence-electron chi connectivity index (χ1n) is 13.4. The van der Waals surface area contributed by atoms with Gasteiger partial charge in [0.15, 0.2) is 0 Å². The number of anilines is 1. The van der Waals surface area contributed by atoms with Crippen LogP contribution in [0.2, 0.25) is 0 Å². The summed E-state index contributed by atoms with van der Waals surface area (Å²) in [7, 11) is 0. The Balaban J connectivity index is 1.96. The van der Waals surface area contributed by atoms with Gasteiger partial charge in [0.2, 0.25) is 5.91 Å². The molecule has 0 bridgehead atoms. The average molecular weight is 539 g/mol. The third-order valence-corrected chi connectivity index (χ3v) is 7.64. The van der Waals surface area contributed by atoms with Gasteiger partial charge in [-0.25, -0.2) is 4.39 Å². The first-order valence-corrected chi connectivity index (χ1v) is 13.4. The van der Waals surface area contributed by atoms with Crippen molar-refractivity contribution in [3.8, 4) is 0 Å². The standard InChI is InChI=1S/C31H39FN2O5/c1-17-12-13-21-22(14-17)33-28(37)31(21)23(15-30(7,8)16-38-19(3)35)34-26(27(36)39-29(4,5)6)24(31)20-11-9-10-18(2)25(20)32/h9-14,23-24,26,34H,15-16H2,1-8H3,(H,33,37)/t23?,24?,26-,31-/m1/s1. The molecule has 8 heteroatoms. The number of nitrogens with one attached hydrogen (secondary N) is 2. The highest BCUT2D eigenvalue weighted by Crippen LogP contribution is 2.57. The molecule has 2 unspecified atom stereocenters. The zero-order valence-electron chi connectivity index (χ0n) is 24.0. The molecular formula is C31H39FN2O5. The van der Waals surface area contributed by atoms with Crippen LogP contribution in [0, 0.1) is 25.1 Å². The Hall–Kier alpha value is -3.26. The molecule has 1 amide bonds. The van der Waals surface area contributed by atoms with Crippen LogP contribution in [0.25, 0.3) is 0 Å². The Kier molecular flexibility index (Phi) is 7.40. The second-order valence-corrected chi connectivity index (χ2v) is 12.7. The molecule has 0 aromatic heterocycles. The van der Waals surface area contributed by atoms with Gasteiger partial charge in [-0.3, -0.25) is 19.7 Å². The van der Waals surface area contributed by atoms with Crippen LogP contribution in [0.4, 0.5) is 10.1 Å². The molecule has 1 saturated heterocycles. The van der Waals surface area contributed by atoms with Crippen molar-refractivity contribution in [3.63, 3.8) is 0 Å². The lowest BCUT2D eigenvalue weighted by molar-refractivity contribution is -0.157. The predicted octanol–water partition coefficient (Wildman–Crippen LogP) is 5.08. The Labute approximate surface area is 229 Å². The van der Waals surface area contributed by atoms with Gasteiger partial charge < -0.3 is 14.8 Å². The summed E-state index contributed by atoms with van der Waals surface area (Å²) in [5, 5.41) is 6.47. The molecule has 0 aliphatic carbocycles. The summed E-state index contributed by atoms with van der Waals surface area (Å²) in [5.74, 6) is -2.61. The van der Waals surface area contributed by atoms with Crippen LogP contribution in [-0.4, -0.2) is 42.1 Å². The summed E-state index contributed by atoms with van der Waals surface area (Å²) in [6, 6.07) is 9.17. The monoisotopic (exact) mass is 538 g/mol. The lowest BCUT2D eigenvalue weighted by atomic mass is 9.62. The third kappa shape index (κ3) is 5.31. The van der Waals surface area contributed by atoms with E-state index in [0.29, 0.717) is 23.2 Å². The molecule has 0 saturated carbocycles. The van der Waals surface area contributed by atoms with Gasteiger partial charge in [-0.05, 0) is 69.4 Å². The second-order valence-electron chi connectivity index (χ2n) is 12.7. The lowest BCUT2D eigenvalue weighted by Crippen LogP contribution is -2.50. The van der Waals surface area contributed by atoms with Crippen LogP contribution in [-0.2, 0) is 29.3 Å². The van der Waals surface area contributed by atoms with Crippen molar-refractivity contribution >= 4 is 23.5 Å². The number of amides is 1. The number of carbonyl (C=O) groups excluding carboxylic acids is 3. The molecule has 4 rings (SSSR count). The van der Waals surface area contributed by atoms with Gasteiger partial charge in [-0.1, -0.05) is 44.2 Å². The number of fused-ring (bicyclic) bond motifs is 2. The van der Waals surface area contributed by atoms with E-state index < -0.39 is 52.2 Å². The van der Waals surface area contributed by atoms with Gasteiger partial charge in [0, 0.05) is 30.0 Å². The van der Waals surface area contributed by atoms with Gasteiger partial charge in [0.1, 0.15) is 22.9 Å². The Morgan fingerprint density at radius 2 is 1.77 bits per heavy atom. The minimum absolute atomic E-state index is 0.125. The summed E-state index contributed by atoms with van der Waals surface area (Å²) in [5.41, 5.74) is 0.333. The minimum atomic E-state index is -1.33. The molecule has 7 nitrogen and oxygen atoms in total. The number of carbonyl (C=O) groups is 3. The zero-order valence-corrected chi connectivity index (χ0v) is 24.0. The average Bonchev–Trinajstić information content (AvgIpc) is 3.28. The molecule has 2 heterocycles. The van der Waals surface area contributed by atoms with Crippen LogP contribution in [0.1, 0.15) is 76.1 Å². The van der Waals surface area contributed by atoms with E-state index in [-0.39, 0.29) is 18.1 Å². The summed E-state index contributed by atoms with van der Waals surface area (Å²) in [6.07, 6.45) is 0.365. The zero-order chi connectivity index (χ0) is 28.9. The van der Waals surface area contributed by atoms with Gasteiger partial charge in [0.05, 0.1) is 6.61 Å². The number of halogens is 1. The quantitative estimate of drug-likeness (QED) is 0.499. The van der Waals surface area contributed by atoms with E-state index in [2.05, 4.69) is 10.6 Å². The number of hydrogen-bond acceptors (Lipinski definition) is 6. The first-order chi connectivity index (χ1) is 18.1. The van der Waals surface area contributed by atoms with E-state index >= 15 is 4.39 Å². The van der Waals surface area contributed by atoms with E-state index in [0.717, 1.165) is 5.56 Å². The van der Waals surface area contributed by atoms with Crippen molar-refractivity contribution in [1.82, 2.24) is 5.32 Å². The minimum Gasteiger partial charge on any atom is -0.465 e. The molecule has 4 atom stereocenters. The molecule has 2 aromatic carbocycles. The Morgan fingerprint density at radius 1 is 1.08 bits per heavy atom. The SMILES string of the molecule is CC(=O)OCC(C)(C)CC1N[C@@H](C(=O)OC(C)(C)C)C(c2cccc(C)c2F)[C@]12C(=O)Nc1cc(C)ccc12. The lowest BCUT2D eigenvalue weighted by Gasteiger charge is -2.38. The maximum Gasteiger partial charge on any atom is 0.324 e. The van der Waals surface area contributed by atoms with E-state index in [1.165, 1.54) is 6.92 Å². The van der Waals surface area contributed by atoms with Gasteiger partial charge in [-0.15, -0.1) is 0 Å². The predicted molar refractivity (Wildman–Crippen MR) is 147 cm³/mol. The van der Waals surface area contributed by atoms with Crippen molar-refractivity contribution in [1.29, 1.82) is 0 Å². The molecule has 1 spiro atoms. The van der Waals surface area contributed by atoms with Crippen LogP contribution in [0.3, 0.4) is 0 Å². The maximum atomic E-state index is 15.9. The largest absolute Gasteiger partial charge is 0.465 e. The number of hydrogen-bond donors (Lipinski definition) is 2. The van der Waals surface area contributed by atoms with Gasteiger partial charge in [-0.2, -0.15) is 0 Å². The fourth-order valence-corrected chi connectivity index (χ4v) is 6.08. The number of aryl methyl sites for hydroxylation is 2. The van der Waals surface area contributed by atoms with Crippen LogP contribution >= 0.6 is 0 Å². The second kappa shape index (κ2) is 10.0. The van der Waals surface area contributed by atoms with Crippen LogP contribution in [0.15, 0.2) is 36.4 Å². The number of esters is 2. The van der Waals surface area contributed by atoms with Crippen LogP contribution in [0.5, 0.6) is 0 Å². The molecule has 1 fully saturated rings. The van der Waals surface area contributed by atoms with Gasteiger partial charge in [0.25, 0.3) is 0 Å². The maximum absolute atomic E-state index is 15.9. The van der Waals surface area contributed by atoms with E-state index in [9.17, 15) is 14.4 Å². The highest BCUT2D eigenvalue weighted by molar-refractivity contribution is 6.09. The van der Waals surface area contributed by atoms with E-state index in [4.69, 9.17) is 9.47 Å². The highest BCUT2D eigenvalue weighted by atomic mass is 19.1. The molecular weight excluding hydrogens is 499 g/mol. The molecule has 2 aliphatic rings. The highest BCUT2D eigenvalue weighted by Gasteiger charge is 2.66. The van der Waals surface area contributed by atoms with Crippen molar-refractivity contribution in [2.24, 2.45) is 5.41 Å². The van der Waals surface area contributed by atoms with Crippen molar-refractivity contribution in [2.45, 2.75) is 90.8 Å². The first kappa shape index (κ1) is 28.7. The molecule has 2 aromatic rings. The summed E-state index contributed by atoms with van der Waals surface area (Å²) in [4.78, 5) is 39.6. The number of rotatable bonds is 6. The number of ether oxygens (including phenoxy) is 2. The molecule has 2 N–H and O–H groups in total. The summed E-state index contributed by atoms with van der Waals surface area (Å²) >= 11 is 0.